The molecule has 1 amide bonds. The molecular weight excluding hydrogens is 760 g/mol. The normalized spacial score (nSPS) is 35.1. The molecule has 312 valence electrons. The third-order valence-corrected chi connectivity index (χ3v) is 17.1. The van der Waals surface area contributed by atoms with E-state index in [-0.39, 0.29) is 36.2 Å². The Labute approximate surface area is 345 Å². The van der Waals surface area contributed by atoms with Crippen molar-refractivity contribution in [1.29, 1.82) is 0 Å². The van der Waals surface area contributed by atoms with Gasteiger partial charge < -0.3 is 19.1 Å². The van der Waals surface area contributed by atoms with E-state index in [1.165, 1.54) is 36.9 Å². The van der Waals surface area contributed by atoms with E-state index < -0.39 is 26.8 Å². The predicted octanol–water partition coefficient (Wildman–Crippen LogP) is 6.70. The second-order valence-electron chi connectivity index (χ2n) is 18.2. The average Bonchev–Trinajstić information content (AvgIpc) is 3.34. The molecule has 1 N–H and O–H groups in total. The first-order valence-electron chi connectivity index (χ1n) is 21.5. The number of rotatable bonds is 6. The zero-order valence-corrected chi connectivity index (χ0v) is 36.0. The number of fused-ring (bicyclic) bond motifs is 5. The molecule has 10 nitrogen and oxygen atoms in total. The van der Waals surface area contributed by atoms with Crippen LogP contribution in [0.4, 0.5) is 5.69 Å². The van der Waals surface area contributed by atoms with Gasteiger partial charge in [0, 0.05) is 82.1 Å². The predicted molar refractivity (Wildman–Crippen MR) is 226 cm³/mol. The molecular formula is C45H63ClN4O6S. The summed E-state index contributed by atoms with van der Waals surface area (Å²) in [4.78, 5) is 21.8. The number of piperazine rings is 1. The first-order valence-corrected chi connectivity index (χ1v) is 23.4. The van der Waals surface area contributed by atoms with Crippen LogP contribution in [0.25, 0.3) is 0 Å². The Morgan fingerprint density at radius 3 is 2.65 bits per heavy atom. The Morgan fingerprint density at radius 1 is 1.00 bits per heavy atom. The molecule has 12 heteroatoms. The maximum Gasteiger partial charge on any atom is 0.264 e. The van der Waals surface area contributed by atoms with Gasteiger partial charge in [0.25, 0.3) is 5.91 Å². The van der Waals surface area contributed by atoms with Gasteiger partial charge in [0.2, 0.25) is 10.0 Å². The van der Waals surface area contributed by atoms with E-state index in [1.807, 2.05) is 32.2 Å². The van der Waals surface area contributed by atoms with Crippen molar-refractivity contribution in [3.05, 3.63) is 70.3 Å². The molecule has 57 heavy (non-hydrogen) atoms. The molecule has 2 bridgehead atoms. The van der Waals surface area contributed by atoms with Crippen LogP contribution in [-0.2, 0) is 31.3 Å². The van der Waals surface area contributed by atoms with Crippen LogP contribution in [-0.4, -0.2) is 114 Å². The lowest BCUT2D eigenvalue weighted by Crippen LogP contribution is -2.61. The second-order valence-corrected chi connectivity index (χ2v) is 20.5. The van der Waals surface area contributed by atoms with E-state index in [9.17, 15) is 13.2 Å². The van der Waals surface area contributed by atoms with Crippen molar-refractivity contribution in [3.8, 4) is 5.75 Å². The molecule has 0 radical (unpaired) electrons. The third kappa shape index (κ3) is 8.15. The summed E-state index contributed by atoms with van der Waals surface area (Å²) in [5.41, 5.74) is 2.86. The van der Waals surface area contributed by atoms with Gasteiger partial charge in [0.15, 0.2) is 0 Å². The van der Waals surface area contributed by atoms with Gasteiger partial charge in [-0.2, -0.15) is 0 Å². The number of amides is 1. The van der Waals surface area contributed by atoms with Crippen LogP contribution < -0.4 is 14.4 Å². The number of hydrogen-bond acceptors (Lipinski definition) is 9. The Morgan fingerprint density at radius 2 is 1.86 bits per heavy atom. The van der Waals surface area contributed by atoms with Crippen molar-refractivity contribution in [3.63, 3.8) is 0 Å². The molecule has 8 atom stereocenters. The van der Waals surface area contributed by atoms with Gasteiger partial charge in [-0.15, -0.1) is 0 Å². The standard InChI is InChI=1S/C45H63ClN4O6S/c1-31-16-19-45(55-4,29-48-21-22-49-20-6-5-9-37(49)27-48)39-13-10-35(39)26-50-28-44(18-7-8-33-24-36(46)12-14-38(33)44)30-56-41-15-11-34(25-40(41)50)43(51)47-57(52,53)42(32(31)2)17-23-54-3/h11-12,14-16,19,24-25,31-32,35,37,39,42H,5-10,13,17-18,20-23,26-30H2,1-4H3,(H,47,51)/b19-16+/t31-,32-,35-,37+,39+,42+,44-,45-/m0/s1. The lowest BCUT2D eigenvalue weighted by Gasteiger charge is -2.53. The number of allylic oxidation sites excluding steroid dienone is 1. The van der Waals surface area contributed by atoms with E-state index >= 15 is 0 Å². The minimum Gasteiger partial charge on any atom is -0.490 e. The Balaban J connectivity index is 1.21. The number of halogens is 1. The number of nitrogens with zero attached hydrogens (tertiary/aromatic N) is 3. The van der Waals surface area contributed by atoms with Crippen molar-refractivity contribution in [2.75, 3.05) is 78.1 Å². The van der Waals surface area contributed by atoms with E-state index in [4.69, 9.17) is 25.8 Å². The SMILES string of the molecule is COCC[C@@H]1[C@@H](C)[C@@H](C)/C=C/[C@@](CN2CCN3CCCC[C@@H]3C2)(OC)[C@@H]2CC[C@H]2CN2C[C@@]3(CCCc4cc(Cl)ccc43)COc3ccc(cc32)C(=O)NS1(=O)=O. The number of benzene rings is 2. The number of aryl methyl sites for hydroxylation is 1. The van der Waals surface area contributed by atoms with Crippen LogP contribution in [0, 0.1) is 23.7 Å². The number of methoxy groups -OCH3 is 2. The van der Waals surface area contributed by atoms with Crippen LogP contribution in [0.3, 0.4) is 0 Å². The van der Waals surface area contributed by atoms with Gasteiger partial charge in [-0.25, -0.2) is 13.1 Å². The molecule has 4 aliphatic heterocycles. The van der Waals surface area contributed by atoms with Gasteiger partial charge in [-0.3, -0.25) is 14.6 Å². The smallest absolute Gasteiger partial charge is 0.264 e. The van der Waals surface area contributed by atoms with Crippen LogP contribution in [0.1, 0.15) is 86.7 Å². The molecule has 1 saturated carbocycles. The highest BCUT2D eigenvalue weighted by molar-refractivity contribution is 7.90. The van der Waals surface area contributed by atoms with Gasteiger partial charge in [-0.05, 0) is 123 Å². The molecule has 0 aromatic heterocycles. The first kappa shape index (κ1) is 41.1. The maximum atomic E-state index is 14.2. The minimum atomic E-state index is -4.09. The highest BCUT2D eigenvalue weighted by Gasteiger charge is 2.50. The maximum absolute atomic E-state index is 14.2. The van der Waals surface area contributed by atoms with Crippen LogP contribution in [0.2, 0.25) is 5.02 Å². The molecule has 4 heterocycles. The average molecular weight is 824 g/mol. The summed E-state index contributed by atoms with van der Waals surface area (Å²) in [7, 11) is -0.632. The molecule has 2 aromatic rings. The van der Waals surface area contributed by atoms with Crippen molar-refractivity contribution in [2.24, 2.45) is 23.7 Å². The Bertz CT molecular complexity index is 1930. The van der Waals surface area contributed by atoms with Gasteiger partial charge in [-0.1, -0.05) is 50.1 Å². The monoisotopic (exact) mass is 822 g/mol. The molecule has 6 aliphatic rings. The number of sulfonamides is 1. The van der Waals surface area contributed by atoms with Crippen molar-refractivity contribution in [1.82, 2.24) is 14.5 Å². The molecule has 2 aliphatic carbocycles. The second kappa shape index (κ2) is 16.8. The van der Waals surface area contributed by atoms with Crippen LogP contribution in [0.5, 0.6) is 5.75 Å². The zero-order chi connectivity index (χ0) is 40.0. The van der Waals surface area contributed by atoms with Crippen molar-refractivity contribution >= 4 is 33.2 Å². The number of carbonyl (C=O) groups excluding carboxylic acids is 1. The largest absolute Gasteiger partial charge is 0.490 e. The molecule has 3 fully saturated rings. The molecule has 8 rings (SSSR count). The summed E-state index contributed by atoms with van der Waals surface area (Å²) in [6.07, 6.45) is 13.7. The Hall–Kier alpha value is -2.67. The van der Waals surface area contributed by atoms with Crippen molar-refractivity contribution in [2.45, 2.75) is 93.9 Å². The topological polar surface area (TPSA) is 101 Å². The molecule has 0 unspecified atom stereocenters. The number of piperidine rings is 1. The number of nitrogens with one attached hydrogen (secondary N) is 1. The summed E-state index contributed by atoms with van der Waals surface area (Å²) in [6, 6.07) is 12.3. The first-order chi connectivity index (χ1) is 27.4. The fraction of sp³-hybridized carbons (Fsp3) is 0.667. The number of ether oxygens (including phenoxy) is 3. The van der Waals surface area contributed by atoms with E-state index in [2.05, 4.69) is 50.6 Å². The zero-order valence-electron chi connectivity index (χ0n) is 34.4. The van der Waals surface area contributed by atoms with Gasteiger partial charge >= 0.3 is 0 Å². The summed E-state index contributed by atoms with van der Waals surface area (Å²) < 4.78 is 50.0. The van der Waals surface area contributed by atoms with Crippen molar-refractivity contribution < 1.29 is 27.4 Å². The highest BCUT2D eigenvalue weighted by Crippen LogP contribution is 2.49. The van der Waals surface area contributed by atoms with Crippen LogP contribution >= 0.6 is 11.6 Å². The summed E-state index contributed by atoms with van der Waals surface area (Å²) in [5, 5.41) is -0.0966. The number of hydrogen-bond donors (Lipinski definition) is 1. The fourth-order valence-electron chi connectivity index (χ4n) is 11.3. The molecule has 2 saturated heterocycles. The van der Waals surface area contributed by atoms with E-state index in [0.717, 1.165) is 75.5 Å². The minimum absolute atomic E-state index is 0.108. The lowest BCUT2D eigenvalue weighted by atomic mass is 9.63. The van der Waals surface area contributed by atoms with Gasteiger partial charge in [0.1, 0.15) is 11.4 Å². The number of carbonyl (C=O) groups is 1. The summed E-state index contributed by atoms with van der Waals surface area (Å²) >= 11 is 6.54. The Kier molecular flexibility index (Phi) is 12.1. The highest BCUT2D eigenvalue weighted by atomic mass is 35.5. The van der Waals surface area contributed by atoms with Crippen LogP contribution in [0.15, 0.2) is 48.6 Å². The quantitative estimate of drug-likeness (QED) is 0.319. The van der Waals surface area contributed by atoms with Gasteiger partial charge in [0.05, 0.1) is 17.5 Å². The molecule has 1 spiro atoms. The lowest BCUT2D eigenvalue weighted by molar-refractivity contribution is -0.100. The summed E-state index contributed by atoms with van der Waals surface area (Å²) in [6.45, 7) is 11.5. The molecule has 2 aromatic carbocycles. The van der Waals surface area contributed by atoms with E-state index in [0.29, 0.717) is 36.4 Å². The van der Waals surface area contributed by atoms with E-state index in [1.54, 1.807) is 13.2 Å². The summed E-state index contributed by atoms with van der Waals surface area (Å²) in [5.74, 6) is 0.259. The fourth-order valence-corrected chi connectivity index (χ4v) is 13.2. The number of anilines is 1. The third-order valence-electron chi connectivity index (χ3n) is 14.9.